The Bertz CT molecular complexity index is 826. The predicted molar refractivity (Wildman–Crippen MR) is 107 cm³/mol. The highest BCUT2D eigenvalue weighted by Gasteiger charge is 2.24. The minimum absolute atomic E-state index is 0.0232. The van der Waals surface area contributed by atoms with Gasteiger partial charge in [0.1, 0.15) is 0 Å². The van der Waals surface area contributed by atoms with Gasteiger partial charge in [-0.15, -0.1) is 0 Å². The molecule has 142 valence electrons. The molecule has 2 rings (SSSR count). The fraction of sp³-hybridized carbons (Fsp3) is 0.318. The molecule has 0 spiro atoms. The first-order chi connectivity index (χ1) is 12.8. The van der Waals surface area contributed by atoms with E-state index in [4.69, 9.17) is 0 Å². The summed E-state index contributed by atoms with van der Waals surface area (Å²) >= 11 is 0. The van der Waals surface area contributed by atoms with Crippen LogP contribution in [-0.4, -0.2) is 23.6 Å². The van der Waals surface area contributed by atoms with Crippen molar-refractivity contribution in [3.05, 3.63) is 65.2 Å². The van der Waals surface area contributed by atoms with E-state index in [2.05, 4.69) is 10.6 Å². The number of amides is 2. The second-order valence-electron chi connectivity index (χ2n) is 7.09. The van der Waals surface area contributed by atoms with E-state index >= 15 is 0 Å². The van der Waals surface area contributed by atoms with Crippen molar-refractivity contribution in [2.75, 3.05) is 5.32 Å². The van der Waals surface area contributed by atoms with Crippen LogP contribution in [0.1, 0.15) is 42.3 Å². The smallest absolute Gasteiger partial charge is 0.251 e. The van der Waals surface area contributed by atoms with E-state index < -0.39 is 6.04 Å². The van der Waals surface area contributed by atoms with Crippen LogP contribution in [0.3, 0.4) is 0 Å². The van der Waals surface area contributed by atoms with Crippen molar-refractivity contribution in [1.29, 1.82) is 0 Å². The van der Waals surface area contributed by atoms with Gasteiger partial charge in [-0.2, -0.15) is 0 Å². The molecular formula is C22H26N2O3. The molecule has 0 aliphatic heterocycles. The van der Waals surface area contributed by atoms with E-state index in [1.807, 2.05) is 45.0 Å². The number of aryl methyl sites for hydroxylation is 1. The molecule has 5 nitrogen and oxygen atoms in total. The largest absolute Gasteiger partial charge is 0.342 e. The van der Waals surface area contributed by atoms with Crippen LogP contribution >= 0.6 is 0 Å². The van der Waals surface area contributed by atoms with E-state index in [1.165, 1.54) is 6.92 Å². The lowest BCUT2D eigenvalue weighted by molar-refractivity contribution is -0.121. The summed E-state index contributed by atoms with van der Waals surface area (Å²) in [5, 5.41) is 5.57. The standard InChI is InChI=1S/C22H26N2O3/c1-14(2)21(24-22(27)18-7-5-6-15(3)12-18)20(26)13-17-8-10-19(11-9-17)23-16(4)25/h5-12,14,21H,13H2,1-4H3,(H,23,25)(H,24,27)/t21-/m0/s1. The van der Waals surface area contributed by atoms with Crippen molar-refractivity contribution in [2.24, 2.45) is 5.92 Å². The van der Waals surface area contributed by atoms with Gasteiger partial charge >= 0.3 is 0 Å². The lowest BCUT2D eigenvalue weighted by Crippen LogP contribution is -2.45. The average molecular weight is 366 g/mol. The van der Waals surface area contributed by atoms with Gasteiger partial charge in [0.05, 0.1) is 6.04 Å². The summed E-state index contributed by atoms with van der Waals surface area (Å²) in [6.45, 7) is 7.20. The molecule has 2 N–H and O–H groups in total. The van der Waals surface area contributed by atoms with Crippen molar-refractivity contribution in [3.63, 3.8) is 0 Å². The Balaban J connectivity index is 2.06. The SMILES string of the molecule is CC(=O)Nc1ccc(CC(=O)[C@@H](NC(=O)c2cccc(C)c2)C(C)C)cc1. The van der Waals surface area contributed by atoms with E-state index in [1.54, 1.807) is 24.3 Å². The molecule has 0 aromatic heterocycles. The molecule has 0 aliphatic rings. The van der Waals surface area contributed by atoms with Crippen molar-refractivity contribution < 1.29 is 14.4 Å². The van der Waals surface area contributed by atoms with Crippen LogP contribution in [0.4, 0.5) is 5.69 Å². The molecule has 0 saturated carbocycles. The number of Topliss-reactive ketones (excluding diaryl/α,β-unsaturated/α-hetero) is 1. The third-order valence-electron chi connectivity index (χ3n) is 4.23. The Labute approximate surface area is 160 Å². The van der Waals surface area contributed by atoms with Crippen LogP contribution in [0.5, 0.6) is 0 Å². The van der Waals surface area contributed by atoms with Gasteiger partial charge in [-0.1, -0.05) is 43.7 Å². The molecule has 0 saturated heterocycles. The van der Waals surface area contributed by atoms with Crippen LogP contribution in [0.15, 0.2) is 48.5 Å². The first kappa shape index (κ1) is 20.4. The number of anilines is 1. The van der Waals surface area contributed by atoms with Gasteiger partial charge in [-0.05, 0) is 42.7 Å². The fourth-order valence-corrected chi connectivity index (χ4v) is 2.85. The van der Waals surface area contributed by atoms with Gasteiger partial charge < -0.3 is 10.6 Å². The maximum absolute atomic E-state index is 12.8. The van der Waals surface area contributed by atoms with Gasteiger partial charge in [0.2, 0.25) is 5.91 Å². The molecule has 0 unspecified atom stereocenters. The lowest BCUT2D eigenvalue weighted by Gasteiger charge is -2.21. The molecule has 0 fully saturated rings. The zero-order chi connectivity index (χ0) is 20.0. The summed E-state index contributed by atoms with van der Waals surface area (Å²) < 4.78 is 0. The quantitative estimate of drug-likeness (QED) is 0.787. The Hall–Kier alpha value is -2.95. The Morgan fingerprint density at radius 1 is 1.00 bits per heavy atom. The maximum atomic E-state index is 12.8. The minimum atomic E-state index is -0.562. The topological polar surface area (TPSA) is 75.3 Å². The molecule has 5 heteroatoms. The minimum Gasteiger partial charge on any atom is -0.342 e. The molecule has 1 atom stereocenters. The van der Waals surface area contributed by atoms with Crippen molar-refractivity contribution in [2.45, 2.75) is 40.2 Å². The monoisotopic (exact) mass is 366 g/mol. The van der Waals surface area contributed by atoms with Crippen molar-refractivity contribution >= 4 is 23.3 Å². The highest BCUT2D eigenvalue weighted by atomic mass is 16.2. The number of benzene rings is 2. The van der Waals surface area contributed by atoms with Crippen LogP contribution in [0, 0.1) is 12.8 Å². The summed E-state index contributed by atoms with van der Waals surface area (Å²) in [5.41, 5.74) is 3.07. The van der Waals surface area contributed by atoms with Gasteiger partial charge in [-0.25, -0.2) is 0 Å². The first-order valence-electron chi connectivity index (χ1n) is 9.03. The molecule has 2 aromatic rings. The number of hydrogen-bond donors (Lipinski definition) is 2. The normalized spacial score (nSPS) is 11.7. The molecule has 0 heterocycles. The van der Waals surface area contributed by atoms with Crippen molar-refractivity contribution in [3.8, 4) is 0 Å². The van der Waals surface area contributed by atoms with Crippen LogP contribution in [0.2, 0.25) is 0 Å². The molecular weight excluding hydrogens is 340 g/mol. The second-order valence-corrected chi connectivity index (χ2v) is 7.09. The molecule has 27 heavy (non-hydrogen) atoms. The van der Waals surface area contributed by atoms with Crippen LogP contribution in [0.25, 0.3) is 0 Å². The van der Waals surface area contributed by atoms with Crippen molar-refractivity contribution in [1.82, 2.24) is 5.32 Å². The van der Waals surface area contributed by atoms with Crippen LogP contribution < -0.4 is 10.6 Å². The molecule has 2 amide bonds. The van der Waals surface area contributed by atoms with Gasteiger partial charge in [0.15, 0.2) is 5.78 Å². The fourth-order valence-electron chi connectivity index (χ4n) is 2.85. The maximum Gasteiger partial charge on any atom is 0.251 e. The second kappa shape index (κ2) is 9.12. The van der Waals surface area contributed by atoms with E-state index in [0.717, 1.165) is 11.1 Å². The van der Waals surface area contributed by atoms with Gasteiger partial charge in [0, 0.05) is 24.6 Å². The summed E-state index contributed by atoms with van der Waals surface area (Å²) in [6.07, 6.45) is 0.220. The number of carbonyl (C=O) groups excluding carboxylic acids is 3. The zero-order valence-corrected chi connectivity index (χ0v) is 16.2. The Morgan fingerprint density at radius 3 is 2.22 bits per heavy atom. The van der Waals surface area contributed by atoms with E-state index in [9.17, 15) is 14.4 Å². The Morgan fingerprint density at radius 2 is 1.67 bits per heavy atom. The third kappa shape index (κ3) is 6.06. The summed E-state index contributed by atoms with van der Waals surface area (Å²) in [4.78, 5) is 36.4. The molecule has 0 radical (unpaired) electrons. The summed E-state index contributed by atoms with van der Waals surface area (Å²) in [5.74, 6) is -0.451. The first-order valence-corrected chi connectivity index (χ1v) is 9.03. The number of carbonyl (C=O) groups is 3. The number of rotatable bonds is 7. The Kier molecular flexibility index (Phi) is 6.88. The predicted octanol–water partition coefficient (Wildman–Crippen LogP) is 3.52. The van der Waals surface area contributed by atoms with Crippen LogP contribution in [-0.2, 0) is 16.0 Å². The van der Waals surface area contributed by atoms with Gasteiger partial charge in [-0.3, -0.25) is 14.4 Å². The van der Waals surface area contributed by atoms with Gasteiger partial charge in [0.25, 0.3) is 5.91 Å². The number of ketones is 1. The zero-order valence-electron chi connectivity index (χ0n) is 16.2. The summed E-state index contributed by atoms with van der Waals surface area (Å²) in [6, 6.07) is 13.9. The van der Waals surface area contributed by atoms with E-state index in [-0.39, 0.29) is 29.9 Å². The highest BCUT2D eigenvalue weighted by molar-refractivity contribution is 5.98. The van der Waals surface area contributed by atoms with E-state index in [0.29, 0.717) is 11.3 Å². The molecule has 0 bridgehead atoms. The summed E-state index contributed by atoms with van der Waals surface area (Å²) in [7, 11) is 0. The lowest BCUT2D eigenvalue weighted by atomic mass is 9.94. The average Bonchev–Trinajstić information content (AvgIpc) is 2.60. The highest BCUT2D eigenvalue weighted by Crippen LogP contribution is 2.14. The molecule has 2 aromatic carbocycles. The number of hydrogen-bond acceptors (Lipinski definition) is 3. The molecule has 0 aliphatic carbocycles. The number of nitrogens with one attached hydrogen (secondary N) is 2. The third-order valence-corrected chi connectivity index (χ3v) is 4.23.